The molecule has 36 heavy (non-hydrogen) atoms. The van der Waals surface area contributed by atoms with Gasteiger partial charge < -0.3 is 19.9 Å². The number of hydrogen-bond donors (Lipinski definition) is 2. The maximum Gasteiger partial charge on any atom is 0.410 e. The third-order valence-electron chi connectivity index (χ3n) is 6.13. The second-order valence-corrected chi connectivity index (χ2v) is 10.1. The molecule has 0 bridgehead atoms. The van der Waals surface area contributed by atoms with Gasteiger partial charge in [0, 0.05) is 30.6 Å². The van der Waals surface area contributed by atoms with Gasteiger partial charge in [0.2, 0.25) is 0 Å². The molecule has 1 aliphatic heterocycles. The number of aryl methyl sites for hydroxylation is 1. The van der Waals surface area contributed by atoms with Gasteiger partial charge >= 0.3 is 6.09 Å². The zero-order chi connectivity index (χ0) is 26.0. The van der Waals surface area contributed by atoms with Crippen molar-refractivity contribution in [3.05, 3.63) is 69.3 Å². The number of aromatic amines is 1. The minimum atomic E-state index is -0.566. The molecule has 3 aromatic rings. The fourth-order valence-corrected chi connectivity index (χ4v) is 4.25. The van der Waals surface area contributed by atoms with Crippen LogP contribution in [-0.4, -0.2) is 62.5 Å². The highest BCUT2D eigenvalue weighted by Gasteiger charge is 2.29. The Kier molecular flexibility index (Phi) is 6.96. The molecule has 10 nitrogen and oxygen atoms in total. The summed E-state index contributed by atoms with van der Waals surface area (Å²) in [6.07, 6.45) is 2.29. The molecule has 0 spiro atoms. The van der Waals surface area contributed by atoms with Crippen LogP contribution in [0.1, 0.15) is 71.5 Å². The summed E-state index contributed by atoms with van der Waals surface area (Å²) in [7, 11) is 0. The second kappa shape index (κ2) is 9.96. The number of hydrogen-bond acceptors (Lipinski definition) is 6. The number of ether oxygens (including phenoxy) is 1. The summed E-state index contributed by atoms with van der Waals surface area (Å²) in [6, 6.07) is 8.60. The highest BCUT2D eigenvalue weighted by molar-refractivity contribution is 6.04. The lowest BCUT2D eigenvalue weighted by Gasteiger charge is -2.33. The Morgan fingerprint density at radius 2 is 1.81 bits per heavy atom. The van der Waals surface area contributed by atoms with Crippen molar-refractivity contribution in [3.63, 3.8) is 0 Å². The average Bonchev–Trinajstić information content (AvgIpc) is 3.25. The lowest BCUT2D eigenvalue weighted by atomic mass is 9.93. The number of carbonyl (C=O) groups excluding carboxylic acids is 3. The molecule has 1 saturated heterocycles. The summed E-state index contributed by atoms with van der Waals surface area (Å²) < 4.78 is 7.02. The second-order valence-electron chi connectivity index (χ2n) is 10.1. The van der Waals surface area contributed by atoms with Crippen LogP contribution >= 0.6 is 0 Å². The van der Waals surface area contributed by atoms with Crippen molar-refractivity contribution in [2.75, 3.05) is 19.6 Å². The molecule has 3 heterocycles. The largest absolute Gasteiger partial charge is 0.444 e. The zero-order valence-corrected chi connectivity index (χ0v) is 21.0. The van der Waals surface area contributed by atoms with Crippen LogP contribution in [-0.2, 0) is 4.74 Å². The smallest absolute Gasteiger partial charge is 0.410 e. The van der Waals surface area contributed by atoms with E-state index in [4.69, 9.17) is 4.74 Å². The number of benzene rings is 1. The molecule has 4 rings (SSSR count). The van der Waals surface area contributed by atoms with E-state index in [2.05, 4.69) is 15.4 Å². The highest BCUT2D eigenvalue weighted by atomic mass is 16.6. The third kappa shape index (κ3) is 5.64. The van der Waals surface area contributed by atoms with Gasteiger partial charge in [0.25, 0.3) is 11.5 Å². The van der Waals surface area contributed by atoms with Crippen molar-refractivity contribution in [3.8, 4) is 0 Å². The van der Waals surface area contributed by atoms with E-state index in [1.807, 2.05) is 39.8 Å². The van der Waals surface area contributed by atoms with E-state index in [0.29, 0.717) is 37.2 Å². The average molecular weight is 494 g/mol. The Morgan fingerprint density at radius 1 is 1.14 bits per heavy atom. The van der Waals surface area contributed by atoms with Gasteiger partial charge in [-0.2, -0.15) is 5.10 Å². The fourth-order valence-electron chi connectivity index (χ4n) is 4.25. The number of ketones is 1. The summed E-state index contributed by atoms with van der Waals surface area (Å²) in [5, 5.41) is 6.97. The monoisotopic (exact) mass is 493 g/mol. The molecule has 1 aromatic carbocycles. The number of fused-ring (bicyclic) bond motifs is 1. The lowest BCUT2D eigenvalue weighted by Crippen LogP contribution is -2.41. The number of nitrogens with zero attached hydrogens (tertiary/aromatic N) is 3. The summed E-state index contributed by atoms with van der Waals surface area (Å²) in [6.45, 7) is 8.22. The first kappa shape index (κ1) is 25.2. The minimum Gasteiger partial charge on any atom is -0.444 e. The van der Waals surface area contributed by atoms with Gasteiger partial charge in [0.15, 0.2) is 5.78 Å². The van der Waals surface area contributed by atoms with Gasteiger partial charge in [-0.25, -0.2) is 9.31 Å². The summed E-state index contributed by atoms with van der Waals surface area (Å²) in [5.41, 5.74) is 1.75. The molecule has 1 aliphatic rings. The molecule has 0 radical (unpaired) electrons. The van der Waals surface area contributed by atoms with E-state index < -0.39 is 11.5 Å². The number of H-pyrrole nitrogens is 1. The molecule has 0 saturated carbocycles. The predicted octanol–water partition coefficient (Wildman–Crippen LogP) is 3.06. The van der Waals surface area contributed by atoms with E-state index in [1.165, 1.54) is 12.3 Å². The van der Waals surface area contributed by atoms with E-state index in [0.717, 1.165) is 5.56 Å². The van der Waals surface area contributed by atoms with Crippen molar-refractivity contribution in [2.24, 2.45) is 0 Å². The van der Waals surface area contributed by atoms with E-state index >= 15 is 0 Å². The first-order chi connectivity index (χ1) is 17.0. The molecule has 0 aliphatic carbocycles. The lowest BCUT2D eigenvalue weighted by molar-refractivity contribution is 0.0203. The van der Waals surface area contributed by atoms with Crippen LogP contribution in [0.3, 0.4) is 0 Å². The molecular weight excluding hydrogens is 462 g/mol. The zero-order valence-electron chi connectivity index (χ0n) is 21.0. The summed E-state index contributed by atoms with van der Waals surface area (Å²) in [5.74, 6) is -0.740. The van der Waals surface area contributed by atoms with Crippen LogP contribution in [0.5, 0.6) is 0 Å². The van der Waals surface area contributed by atoms with Crippen LogP contribution in [0.4, 0.5) is 4.79 Å². The van der Waals surface area contributed by atoms with E-state index in [1.54, 1.807) is 21.5 Å². The number of Topliss-reactive ketones (excluding diaryl/α,β-unsaturated/α-hetero) is 1. The van der Waals surface area contributed by atoms with Crippen molar-refractivity contribution in [2.45, 2.75) is 52.1 Å². The Balaban J connectivity index is 1.47. The number of piperidine rings is 1. The molecule has 0 unspecified atom stereocenters. The topological polar surface area (TPSA) is 126 Å². The van der Waals surface area contributed by atoms with Crippen molar-refractivity contribution < 1.29 is 19.1 Å². The number of aromatic nitrogens is 3. The van der Waals surface area contributed by atoms with Crippen LogP contribution in [0.15, 0.2) is 41.3 Å². The molecular formula is C26H31N5O5. The maximum atomic E-state index is 12.8. The van der Waals surface area contributed by atoms with Crippen LogP contribution in [0.25, 0.3) is 5.65 Å². The van der Waals surface area contributed by atoms with Crippen LogP contribution in [0.2, 0.25) is 0 Å². The van der Waals surface area contributed by atoms with Gasteiger partial charge in [-0.3, -0.25) is 14.4 Å². The molecule has 190 valence electrons. The van der Waals surface area contributed by atoms with Crippen molar-refractivity contribution in [1.29, 1.82) is 0 Å². The SMILES string of the molecule is Cc1ccc(C(=O)CNC(=O)c2cnn3c(C4CCN(C(=O)OC(C)(C)C)CC4)cc(=O)[nH]c23)cc1. The Hall–Kier alpha value is -3.95. The number of carbonyl (C=O) groups is 3. The van der Waals surface area contributed by atoms with Gasteiger partial charge in [-0.1, -0.05) is 29.8 Å². The molecule has 2 amide bonds. The van der Waals surface area contributed by atoms with E-state index in [9.17, 15) is 19.2 Å². The molecule has 0 atom stereocenters. The molecule has 2 aromatic heterocycles. The summed E-state index contributed by atoms with van der Waals surface area (Å²) >= 11 is 0. The maximum absolute atomic E-state index is 12.8. The van der Waals surface area contributed by atoms with Gasteiger partial charge in [0.1, 0.15) is 16.8 Å². The van der Waals surface area contributed by atoms with Crippen molar-refractivity contribution >= 4 is 23.4 Å². The molecule has 10 heteroatoms. The number of rotatable bonds is 5. The quantitative estimate of drug-likeness (QED) is 0.526. The standard InChI is InChI=1S/C26H31N5O5/c1-16-5-7-18(8-6-16)21(32)15-27-24(34)19-14-28-31-20(13-22(33)29-23(19)31)17-9-11-30(12-10-17)25(35)36-26(2,3)4/h5-8,13-14,17H,9-12,15H2,1-4H3,(H,27,34)(H,29,33). The van der Waals surface area contributed by atoms with Crippen LogP contribution in [0, 0.1) is 6.92 Å². The first-order valence-corrected chi connectivity index (χ1v) is 12.0. The van der Waals surface area contributed by atoms with E-state index in [-0.39, 0.29) is 41.1 Å². The van der Waals surface area contributed by atoms with Crippen molar-refractivity contribution in [1.82, 2.24) is 24.8 Å². The molecule has 2 N–H and O–H groups in total. The number of likely N-dealkylation sites (tertiary alicyclic amines) is 1. The Morgan fingerprint density at radius 3 is 2.44 bits per heavy atom. The Labute approximate surface area is 208 Å². The minimum absolute atomic E-state index is 0.0209. The van der Waals surface area contributed by atoms with Gasteiger partial charge in [-0.05, 0) is 40.5 Å². The summed E-state index contributed by atoms with van der Waals surface area (Å²) in [4.78, 5) is 54.5. The first-order valence-electron chi connectivity index (χ1n) is 12.0. The normalized spacial score (nSPS) is 14.6. The number of amides is 2. The van der Waals surface area contributed by atoms with Gasteiger partial charge in [-0.15, -0.1) is 0 Å². The fraction of sp³-hybridized carbons (Fsp3) is 0.423. The van der Waals surface area contributed by atoms with Crippen LogP contribution < -0.4 is 10.9 Å². The molecule has 1 fully saturated rings. The predicted molar refractivity (Wildman–Crippen MR) is 133 cm³/mol. The van der Waals surface area contributed by atoms with Gasteiger partial charge in [0.05, 0.1) is 18.4 Å². The third-order valence-corrected chi connectivity index (χ3v) is 6.13. The highest BCUT2D eigenvalue weighted by Crippen LogP contribution is 2.28. The number of nitrogens with one attached hydrogen (secondary N) is 2. The Bertz CT molecular complexity index is 1340.